The van der Waals surface area contributed by atoms with Crippen molar-refractivity contribution in [2.75, 3.05) is 20.8 Å². The van der Waals surface area contributed by atoms with E-state index in [4.69, 9.17) is 35.3 Å². The number of benzene rings is 1. The molecule has 29 heavy (non-hydrogen) atoms. The van der Waals surface area contributed by atoms with Crippen molar-refractivity contribution in [1.82, 2.24) is 0 Å². The van der Waals surface area contributed by atoms with Crippen LogP contribution >= 0.6 is 11.6 Å². The molecule has 1 aromatic carbocycles. The van der Waals surface area contributed by atoms with Gasteiger partial charge in [0.25, 0.3) is 0 Å². The molecule has 8 heteroatoms. The summed E-state index contributed by atoms with van der Waals surface area (Å²) in [6.07, 6.45) is 1.03. The quantitative estimate of drug-likeness (QED) is 0.684. The molecule has 0 radical (unpaired) electrons. The van der Waals surface area contributed by atoms with Crippen LogP contribution in [0.3, 0.4) is 0 Å². The Labute approximate surface area is 173 Å². The zero-order chi connectivity index (χ0) is 20.9. The second kappa shape index (κ2) is 7.22. The first-order chi connectivity index (χ1) is 13.9. The van der Waals surface area contributed by atoms with Gasteiger partial charge in [0.2, 0.25) is 17.2 Å². The average molecular weight is 423 g/mol. The van der Waals surface area contributed by atoms with Crippen LogP contribution < -0.4 is 14.2 Å². The van der Waals surface area contributed by atoms with E-state index >= 15 is 0 Å². The first-order valence-corrected chi connectivity index (χ1v) is 10.00. The largest absolute Gasteiger partial charge is 0.496 e. The molecule has 0 bridgehead atoms. The normalized spacial score (nSPS) is 28.0. The summed E-state index contributed by atoms with van der Waals surface area (Å²) < 4.78 is 28.2. The van der Waals surface area contributed by atoms with Gasteiger partial charge in [-0.1, -0.05) is 18.5 Å². The zero-order valence-electron chi connectivity index (χ0n) is 16.8. The van der Waals surface area contributed by atoms with Gasteiger partial charge in [0.05, 0.1) is 14.2 Å². The summed E-state index contributed by atoms with van der Waals surface area (Å²) in [6, 6.07) is 1.53. The van der Waals surface area contributed by atoms with Gasteiger partial charge in [0, 0.05) is 37.0 Å². The van der Waals surface area contributed by atoms with E-state index in [9.17, 15) is 9.59 Å². The van der Waals surface area contributed by atoms with Gasteiger partial charge in [-0.05, 0) is 13.3 Å². The monoisotopic (exact) mass is 422 g/mol. The molecule has 3 aliphatic rings. The van der Waals surface area contributed by atoms with Crippen molar-refractivity contribution in [1.29, 1.82) is 0 Å². The summed E-state index contributed by atoms with van der Waals surface area (Å²) in [5.41, 5.74) is -1.01. The summed E-state index contributed by atoms with van der Waals surface area (Å²) in [7, 11) is 2.90. The number of methoxy groups -OCH3 is 2. The Morgan fingerprint density at radius 3 is 2.59 bits per heavy atom. The number of halogens is 1. The Hall–Kier alpha value is -2.25. The maximum absolute atomic E-state index is 13.6. The molecule has 156 valence electrons. The number of fused-ring (bicyclic) bond motifs is 1. The van der Waals surface area contributed by atoms with Crippen LogP contribution in [0.1, 0.15) is 43.5 Å². The summed E-state index contributed by atoms with van der Waals surface area (Å²) in [5.74, 6) is 0.00900. The molecular formula is C21H23ClO7. The lowest BCUT2D eigenvalue weighted by Gasteiger charge is -2.40. The van der Waals surface area contributed by atoms with Crippen LogP contribution in [0.4, 0.5) is 0 Å². The Kier molecular flexibility index (Phi) is 4.99. The van der Waals surface area contributed by atoms with Gasteiger partial charge >= 0.3 is 0 Å². The molecule has 2 heterocycles. The minimum absolute atomic E-state index is 0.126. The highest BCUT2D eigenvalue weighted by Gasteiger charge is 2.62. The number of ether oxygens (including phenoxy) is 5. The fraction of sp³-hybridized carbons (Fsp3) is 0.524. The highest BCUT2D eigenvalue weighted by atomic mass is 35.5. The number of carbonyl (C=O) groups excluding carboxylic acids is 2. The second-order valence-electron chi connectivity index (χ2n) is 7.34. The third kappa shape index (κ3) is 2.74. The van der Waals surface area contributed by atoms with E-state index in [1.165, 1.54) is 20.3 Å². The van der Waals surface area contributed by atoms with Crippen LogP contribution in [0, 0.1) is 5.92 Å². The molecule has 1 aliphatic carbocycles. The van der Waals surface area contributed by atoms with Crippen molar-refractivity contribution in [2.24, 2.45) is 5.92 Å². The zero-order valence-corrected chi connectivity index (χ0v) is 17.6. The van der Waals surface area contributed by atoms with Gasteiger partial charge < -0.3 is 23.7 Å². The topological polar surface area (TPSA) is 80.3 Å². The molecule has 0 saturated carbocycles. The van der Waals surface area contributed by atoms with Crippen LogP contribution in [0.15, 0.2) is 17.4 Å². The molecule has 0 aromatic heterocycles. The van der Waals surface area contributed by atoms with Crippen LogP contribution in [0.5, 0.6) is 17.2 Å². The van der Waals surface area contributed by atoms with Crippen molar-refractivity contribution >= 4 is 23.2 Å². The fourth-order valence-corrected chi connectivity index (χ4v) is 4.61. The van der Waals surface area contributed by atoms with Gasteiger partial charge in [-0.3, -0.25) is 9.59 Å². The third-order valence-corrected chi connectivity index (χ3v) is 6.17. The number of hydrogen-bond donors (Lipinski definition) is 0. The van der Waals surface area contributed by atoms with E-state index in [1.807, 2.05) is 6.92 Å². The van der Waals surface area contributed by atoms with Gasteiger partial charge in [-0.25, -0.2) is 0 Å². The molecule has 0 fully saturated rings. The van der Waals surface area contributed by atoms with Crippen molar-refractivity contribution in [3.63, 3.8) is 0 Å². The maximum atomic E-state index is 13.6. The number of carbonyl (C=O) groups is 2. The van der Waals surface area contributed by atoms with E-state index in [0.717, 1.165) is 0 Å². The number of rotatable bonds is 4. The van der Waals surface area contributed by atoms with Gasteiger partial charge in [0.1, 0.15) is 27.8 Å². The molecule has 1 aromatic rings. The Bertz CT molecular complexity index is 922. The van der Waals surface area contributed by atoms with Crippen LogP contribution in [0.25, 0.3) is 0 Å². The maximum Gasteiger partial charge on any atom is 0.236 e. The number of allylic oxidation sites excluding steroid dienone is 1. The molecule has 7 nitrogen and oxygen atoms in total. The Morgan fingerprint density at radius 1 is 1.21 bits per heavy atom. The summed E-state index contributed by atoms with van der Waals surface area (Å²) in [6.45, 7) is 4.22. The number of ketones is 2. The van der Waals surface area contributed by atoms with Crippen molar-refractivity contribution in [3.05, 3.63) is 28.0 Å². The Morgan fingerprint density at radius 2 is 1.93 bits per heavy atom. The van der Waals surface area contributed by atoms with Gasteiger partial charge in [-0.2, -0.15) is 0 Å². The summed E-state index contributed by atoms with van der Waals surface area (Å²) >= 11 is 6.42. The minimum Gasteiger partial charge on any atom is -0.496 e. The predicted octanol–water partition coefficient (Wildman–Crippen LogP) is 3.71. The molecule has 3 atom stereocenters. The fourth-order valence-electron chi connectivity index (χ4n) is 4.35. The molecule has 1 spiro atoms. The lowest BCUT2D eigenvalue weighted by Crippen LogP contribution is -2.57. The van der Waals surface area contributed by atoms with E-state index in [-0.39, 0.29) is 34.2 Å². The molecule has 2 aliphatic heterocycles. The van der Waals surface area contributed by atoms with Crippen molar-refractivity contribution in [3.8, 4) is 17.2 Å². The lowest BCUT2D eigenvalue weighted by molar-refractivity contribution is -0.145. The van der Waals surface area contributed by atoms with E-state index in [2.05, 4.69) is 0 Å². The van der Waals surface area contributed by atoms with Crippen molar-refractivity contribution in [2.45, 2.75) is 45.0 Å². The summed E-state index contributed by atoms with van der Waals surface area (Å²) in [5, 5.41) is 0.143. The average Bonchev–Trinajstić information content (AvgIpc) is 3.02. The molecule has 4 rings (SSSR count). The molecule has 0 amide bonds. The van der Waals surface area contributed by atoms with Crippen LogP contribution in [-0.4, -0.2) is 44.3 Å². The predicted molar refractivity (Wildman–Crippen MR) is 104 cm³/mol. The first-order valence-electron chi connectivity index (χ1n) is 9.62. The second-order valence-corrected chi connectivity index (χ2v) is 7.72. The highest BCUT2D eigenvalue weighted by molar-refractivity contribution is 6.36. The Balaban J connectivity index is 1.79. The molecule has 0 unspecified atom stereocenters. The standard InChI is InChI=1S/C21H23ClO7/c1-5-27-15-7-6-11-12(28-15)8-10(2)21(19(11)23)20(24)16-13(25-3)9-14(26-4)17(22)18(16)29-21/h9-10,15H,5-8H2,1-4H3/t10-,15+,21+/m1/s1. The van der Waals surface area contributed by atoms with Gasteiger partial charge in [-0.15, -0.1) is 0 Å². The molecular weight excluding hydrogens is 400 g/mol. The lowest BCUT2D eigenvalue weighted by atomic mass is 9.70. The van der Waals surface area contributed by atoms with Crippen LogP contribution in [-0.2, 0) is 14.3 Å². The van der Waals surface area contributed by atoms with E-state index in [0.29, 0.717) is 43.0 Å². The third-order valence-electron chi connectivity index (χ3n) is 5.81. The first kappa shape index (κ1) is 20.0. The number of Topliss-reactive ketones (excluding diaryl/α,β-unsaturated/α-hetero) is 2. The summed E-state index contributed by atoms with van der Waals surface area (Å²) in [4.78, 5) is 27.1. The number of hydrogen-bond acceptors (Lipinski definition) is 7. The van der Waals surface area contributed by atoms with E-state index < -0.39 is 17.3 Å². The van der Waals surface area contributed by atoms with Gasteiger partial charge in [0.15, 0.2) is 12.0 Å². The van der Waals surface area contributed by atoms with E-state index in [1.54, 1.807) is 6.92 Å². The minimum atomic E-state index is -1.67. The molecule has 0 N–H and O–H groups in total. The van der Waals surface area contributed by atoms with Crippen molar-refractivity contribution < 1.29 is 33.3 Å². The smallest absolute Gasteiger partial charge is 0.236 e. The van der Waals surface area contributed by atoms with Crippen LogP contribution in [0.2, 0.25) is 5.02 Å². The highest BCUT2D eigenvalue weighted by Crippen LogP contribution is 2.54. The molecule has 0 saturated heterocycles. The SMILES string of the molecule is CCO[C@@H]1CCC2=C(C[C@@H](C)[C@]3(Oc4c(Cl)c(OC)cc(OC)c4C3=O)C2=O)O1.